The number of carbonyl (C=O) groups is 1. The molecule has 0 radical (unpaired) electrons. The van der Waals surface area contributed by atoms with Crippen LogP contribution in [0.2, 0.25) is 0 Å². The molecular weight excluding hydrogens is 290 g/mol. The zero-order chi connectivity index (χ0) is 13.8. The molecule has 3 rings (SSSR count). The largest absolute Gasteiger partial charge is 0.497 e. The van der Waals surface area contributed by atoms with Gasteiger partial charge in [0, 0.05) is 10.7 Å². The maximum Gasteiger partial charge on any atom is 0.324 e. The molecule has 5 nitrogen and oxygen atoms in total. The molecule has 0 bridgehead atoms. The van der Waals surface area contributed by atoms with Crippen LogP contribution < -0.4 is 4.74 Å². The average molecular weight is 302 g/mol. The van der Waals surface area contributed by atoms with E-state index in [2.05, 4.69) is 0 Å². The van der Waals surface area contributed by atoms with Crippen molar-refractivity contribution < 1.29 is 17.9 Å². The van der Waals surface area contributed by atoms with E-state index in [0.717, 1.165) is 21.9 Å². The van der Waals surface area contributed by atoms with E-state index in [1.807, 2.05) is 12.1 Å². The molecule has 1 fully saturated rings. The number of benzene rings is 1. The van der Waals surface area contributed by atoms with Gasteiger partial charge in [0.2, 0.25) is 5.91 Å². The van der Waals surface area contributed by atoms with E-state index in [1.54, 1.807) is 13.2 Å². The molecule has 0 N–H and O–H groups in total. The number of carbonyl (C=O) groups excluding carboxylic acids is 1. The first-order valence-electron chi connectivity index (χ1n) is 5.84. The lowest BCUT2D eigenvalue weighted by atomic mass is 9.81. The first kappa shape index (κ1) is 12.7. The predicted molar refractivity (Wildman–Crippen MR) is 69.2 cm³/mol. The van der Waals surface area contributed by atoms with Crippen LogP contribution >= 0.6 is 10.7 Å². The van der Waals surface area contributed by atoms with Gasteiger partial charge in [-0.3, -0.25) is 4.79 Å². The molecule has 1 aromatic carbocycles. The Bertz CT molecular complexity index is 672. The summed E-state index contributed by atoms with van der Waals surface area (Å²) >= 11 is 0. The maximum absolute atomic E-state index is 11.6. The number of ether oxygens (including phenoxy) is 1. The number of aryl methyl sites for hydroxylation is 1. The van der Waals surface area contributed by atoms with Gasteiger partial charge < -0.3 is 4.74 Å². The molecule has 1 aliphatic heterocycles. The van der Waals surface area contributed by atoms with Gasteiger partial charge in [-0.05, 0) is 36.1 Å². The van der Waals surface area contributed by atoms with Crippen molar-refractivity contribution in [2.45, 2.75) is 24.8 Å². The first-order valence-corrected chi connectivity index (χ1v) is 8.10. The molecule has 0 saturated carbocycles. The van der Waals surface area contributed by atoms with Gasteiger partial charge in [-0.25, -0.2) is 4.31 Å². The van der Waals surface area contributed by atoms with Crippen LogP contribution in [0.4, 0.5) is 0 Å². The molecule has 1 atom stereocenters. The van der Waals surface area contributed by atoms with E-state index < -0.39 is 20.7 Å². The van der Waals surface area contributed by atoms with Crippen LogP contribution in [0.5, 0.6) is 5.75 Å². The van der Waals surface area contributed by atoms with Crippen LogP contribution in [0, 0.1) is 0 Å². The third-order valence-corrected chi connectivity index (χ3v) is 5.31. The van der Waals surface area contributed by atoms with Crippen LogP contribution in [0.1, 0.15) is 24.0 Å². The fourth-order valence-corrected chi connectivity index (χ4v) is 4.68. The van der Waals surface area contributed by atoms with E-state index in [0.29, 0.717) is 12.2 Å². The quantitative estimate of drug-likeness (QED) is 0.614. The SMILES string of the molecule is COc1ccc2c(c1)C1(CC2)CC(=O)N1S(=O)(=O)Cl. The number of β-lactam (4-membered cyclic amide) rings is 1. The van der Waals surface area contributed by atoms with Gasteiger partial charge in [-0.1, -0.05) is 6.07 Å². The minimum absolute atomic E-state index is 0.180. The molecular formula is C12H12ClNO4S. The Labute approximate surface area is 115 Å². The summed E-state index contributed by atoms with van der Waals surface area (Å²) in [6.07, 6.45) is 1.49. The van der Waals surface area contributed by atoms with Gasteiger partial charge in [-0.2, -0.15) is 8.42 Å². The second-order valence-corrected chi connectivity index (χ2v) is 7.19. The lowest BCUT2D eigenvalue weighted by molar-refractivity contribution is -0.145. The molecule has 1 aromatic rings. The average Bonchev–Trinajstić information content (AvgIpc) is 2.67. The van der Waals surface area contributed by atoms with Crippen molar-refractivity contribution in [2.24, 2.45) is 0 Å². The molecule has 1 heterocycles. The lowest BCUT2D eigenvalue weighted by Crippen LogP contribution is -2.61. The number of hydrogen-bond acceptors (Lipinski definition) is 4. The predicted octanol–water partition coefficient (Wildman–Crippen LogP) is 1.55. The topological polar surface area (TPSA) is 63.7 Å². The second kappa shape index (κ2) is 3.86. The number of rotatable bonds is 2. The number of hydrogen-bond donors (Lipinski definition) is 0. The normalized spacial score (nSPS) is 25.4. The van der Waals surface area contributed by atoms with Crippen molar-refractivity contribution in [3.05, 3.63) is 29.3 Å². The summed E-state index contributed by atoms with van der Waals surface area (Å²) in [4.78, 5) is 11.6. The Kier molecular flexibility index (Phi) is 2.59. The minimum atomic E-state index is -4.05. The van der Waals surface area contributed by atoms with Crippen LogP contribution in [-0.2, 0) is 26.0 Å². The van der Waals surface area contributed by atoms with E-state index in [-0.39, 0.29) is 6.42 Å². The summed E-state index contributed by atoms with van der Waals surface area (Å²) in [6, 6.07) is 5.53. The number of halogens is 1. The number of amides is 1. The van der Waals surface area contributed by atoms with Gasteiger partial charge in [0.15, 0.2) is 0 Å². The number of fused-ring (bicyclic) bond motifs is 2. The molecule has 1 amide bonds. The van der Waals surface area contributed by atoms with Crippen LogP contribution in [0.3, 0.4) is 0 Å². The minimum Gasteiger partial charge on any atom is -0.497 e. The molecule has 1 spiro atoms. The third-order valence-electron chi connectivity index (χ3n) is 3.90. The Morgan fingerprint density at radius 2 is 2.16 bits per heavy atom. The van der Waals surface area contributed by atoms with Gasteiger partial charge in [0.1, 0.15) is 5.75 Å². The van der Waals surface area contributed by atoms with Gasteiger partial charge in [0.05, 0.1) is 19.1 Å². The van der Waals surface area contributed by atoms with Crippen LogP contribution in [0.25, 0.3) is 0 Å². The monoisotopic (exact) mass is 301 g/mol. The van der Waals surface area contributed by atoms with E-state index in [1.165, 1.54) is 0 Å². The molecule has 1 unspecified atom stereocenters. The fourth-order valence-electron chi connectivity index (χ4n) is 3.08. The van der Waals surface area contributed by atoms with Crippen molar-refractivity contribution in [3.8, 4) is 5.75 Å². The fraction of sp³-hybridized carbons (Fsp3) is 0.417. The summed E-state index contributed by atoms with van der Waals surface area (Å²) < 4.78 is 29.2. The maximum atomic E-state index is 11.6. The summed E-state index contributed by atoms with van der Waals surface area (Å²) in [5, 5.41) is 0. The lowest BCUT2D eigenvalue weighted by Gasteiger charge is -2.47. The molecule has 7 heteroatoms. The van der Waals surface area contributed by atoms with Gasteiger partial charge in [-0.15, -0.1) is 0 Å². The third kappa shape index (κ3) is 1.66. The Hall–Kier alpha value is -1.27. The Morgan fingerprint density at radius 3 is 2.74 bits per heavy atom. The zero-order valence-corrected chi connectivity index (χ0v) is 11.8. The highest BCUT2D eigenvalue weighted by atomic mass is 35.7. The van der Waals surface area contributed by atoms with Crippen LogP contribution in [0.15, 0.2) is 18.2 Å². The smallest absolute Gasteiger partial charge is 0.324 e. The van der Waals surface area contributed by atoms with Gasteiger partial charge in [0.25, 0.3) is 0 Å². The molecule has 1 aliphatic carbocycles. The van der Waals surface area contributed by atoms with E-state index >= 15 is 0 Å². The van der Waals surface area contributed by atoms with Gasteiger partial charge >= 0.3 is 9.24 Å². The number of methoxy groups -OCH3 is 1. The summed E-state index contributed by atoms with van der Waals surface area (Å²) in [5.41, 5.74) is 1.07. The standard InChI is InChI=1S/C12H12ClNO4S/c1-18-9-3-2-8-4-5-12(10(8)6-9)7-11(15)14(12)19(13,16)17/h2-3,6H,4-5,7H2,1H3. The Morgan fingerprint density at radius 1 is 1.42 bits per heavy atom. The van der Waals surface area contributed by atoms with Crippen molar-refractivity contribution >= 4 is 25.8 Å². The van der Waals surface area contributed by atoms with Crippen molar-refractivity contribution in [1.82, 2.24) is 4.31 Å². The van der Waals surface area contributed by atoms with E-state index in [9.17, 15) is 13.2 Å². The summed E-state index contributed by atoms with van der Waals surface area (Å²) in [6.45, 7) is 0. The van der Waals surface area contributed by atoms with Crippen molar-refractivity contribution in [1.29, 1.82) is 0 Å². The molecule has 0 aromatic heterocycles. The molecule has 102 valence electrons. The zero-order valence-electron chi connectivity index (χ0n) is 10.2. The second-order valence-electron chi connectivity index (χ2n) is 4.83. The highest BCUT2D eigenvalue weighted by molar-refractivity contribution is 8.12. The van der Waals surface area contributed by atoms with Crippen LogP contribution in [-0.4, -0.2) is 25.7 Å². The highest BCUT2D eigenvalue weighted by Gasteiger charge is 2.59. The van der Waals surface area contributed by atoms with Crippen molar-refractivity contribution in [2.75, 3.05) is 7.11 Å². The van der Waals surface area contributed by atoms with E-state index in [4.69, 9.17) is 15.4 Å². The summed E-state index contributed by atoms with van der Waals surface area (Å²) in [7, 11) is 2.88. The highest BCUT2D eigenvalue weighted by Crippen LogP contribution is 2.53. The molecule has 2 aliphatic rings. The van der Waals surface area contributed by atoms with Crippen molar-refractivity contribution in [3.63, 3.8) is 0 Å². The summed E-state index contributed by atoms with van der Waals surface area (Å²) in [5.74, 6) is 0.192. The molecule has 1 saturated heterocycles. The Balaban J connectivity index is 2.13. The molecule has 19 heavy (non-hydrogen) atoms. The number of nitrogens with zero attached hydrogens (tertiary/aromatic N) is 1. The first-order chi connectivity index (χ1) is 8.88.